The van der Waals surface area contributed by atoms with E-state index >= 15 is 0 Å². The van der Waals surface area contributed by atoms with E-state index in [0.717, 1.165) is 48.8 Å². The largest absolute Gasteiger partial charge is 0.495 e. The van der Waals surface area contributed by atoms with Crippen LogP contribution in [0.5, 0.6) is 11.5 Å². The molecule has 2 heterocycles. The van der Waals surface area contributed by atoms with Crippen molar-refractivity contribution in [2.75, 3.05) is 44.8 Å². The summed E-state index contributed by atoms with van der Waals surface area (Å²) in [6.45, 7) is 11.0. The molecular weight excluding hydrogens is 502 g/mol. The first-order valence-corrected chi connectivity index (χ1v) is 13.9. The Morgan fingerprint density at radius 1 is 1.03 bits per heavy atom. The van der Waals surface area contributed by atoms with Gasteiger partial charge in [0.05, 0.1) is 18.7 Å². The third kappa shape index (κ3) is 6.10. The van der Waals surface area contributed by atoms with Crippen LogP contribution in [0.3, 0.4) is 0 Å². The first-order chi connectivity index (χ1) is 18.2. The zero-order valence-corrected chi connectivity index (χ0v) is 24.0. The van der Waals surface area contributed by atoms with E-state index in [-0.39, 0.29) is 11.8 Å². The maximum absolute atomic E-state index is 11.6. The van der Waals surface area contributed by atoms with Crippen molar-refractivity contribution in [1.82, 2.24) is 9.80 Å². The summed E-state index contributed by atoms with van der Waals surface area (Å²) < 4.78 is 11.5. The summed E-state index contributed by atoms with van der Waals surface area (Å²) in [5.74, 6) is 1.13. The van der Waals surface area contributed by atoms with E-state index in [0.29, 0.717) is 36.7 Å². The summed E-state index contributed by atoms with van der Waals surface area (Å²) in [6.07, 6.45) is 4.18. The number of methoxy groups -OCH3 is 1. The molecule has 4 rings (SSSR count). The maximum Gasteiger partial charge on any atom is 0.226 e. The monoisotopic (exact) mass is 541 g/mol. The average Bonchev–Trinajstić information content (AvgIpc) is 2.90. The van der Waals surface area contributed by atoms with Gasteiger partial charge in [-0.05, 0) is 74.4 Å². The second kappa shape index (κ2) is 12.4. The van der Waals surface area contributed by atoms with Crippen LogP contribution in [0.15, 0.2) is 30.3 Å². The molecule has 2 aromatic carbocycles. The fourth-order valence-electron chi connectivity index (χ4n) is 5.94. The highest BCUT2D eigenvalue weighted by Gasteiger charge is 2.36. The number of carbonyl (C=O) groups excluding carboxylic acids is 2. The number of amides is 2. The van der Waals surface area contributed by atoms with E-state index < -0.39 is 0 Å². The van der Waals surface area contributed by atoms with E-state index in [1.54, 1.807) is 7.11 Å². The second-order valence-corrected chi connectivity index (χ2v) is 10.8. The second-order valence-electron chi connectivity index (χ2n) is 10.4. The molecule has 0 aliphatic carbocycles. The van der Waals surface area contributed by atoms with Gasteiger partial charge in [0.25, 0.3) is 0 Å². The van der Waals surface area contributed by atoms with Crippen LogP contribution in [0.25, 0.3) is 0 Å². The molecule has 2 saturated heterocycles. The number of carbonyl (C=O) groups is 2. The Morgan fingerprint density at radius 3 is 2.50 bits per heavy atom. The first kappa shape index (κ1) is 28.2. The molecule has 38 heavy (non-hydrogen) atoms. The van der Waals surface area contributed by atoms with Crippen LogP contribution < -0.4 is 14.4 Å². The Bertz CT molecular complexity index is 1160. The smallest absolute Gasteiger partial charge is 0.226 e. The molecule has 7 nitrogen and oxygen atoms in total. The molecule has 0 bridgehead atoms. The quantitative estimate of drug-likeness (QED) is 0.409. The maximum atomic E-state index is 11.6. The van der Waals surface area contributed by atoms with E-state index in [2.05, 4.69) is 41.8 Å². The number of piperidine rings is 1. The third-order valence-electron chi connectivity index (χ3n) is 8.13. The number of anilines is 1. The molecule has 0 aromatic heterocycles. The number of hydrogen-bond acceptors (Lipinski definition) is 6. The highest BCUT2D eigenvalue weighted by atomic mass is 35.5. The molecular formula is C30H40ClN3O4. The van der Waals surface area contributed by atoms with Crippen molar-refractivity contribution in [2.24, 2.45) is 0 Å². The molecule has 2 fully saturated rings. The summed E-state index contributed by atoms with van der Waals surface area (Å²) in [4.78, 5) is 29.6. The lowest BCUT2D eigenvalue weighted by Crippen LogP contribution is -2.56. The highest BCUT2D eigenvalue weighted by molar-refractivity contribution is 6.32. The van der Waals surface area contributed by atoms with Crippen LogP contribution in [-0.4, -0.2) is 67.6 Å². The first-order valence-electron chi connectivity index (χ1n) is 13.6. The predicted molar refractivity (Wildman–Crippen MR) is 151 cm³/mol. The van der Waals surface area contributed by atoms with Crippen molar-refractivity contribution in [3.05, 3.63) is 52.0 Å². The lowest BCUT2D eigenvalue weighted by Gasteiger charge is -2.49. The number of imide groups is 1. The van der Waals surface area contributed by atoms with E-state index in [1.165, 1.54) is 42.7 Å². The molecule has 2 aliphatic rings. The Labute approximate surface area is 231 Å². The van der Waals surface area contributed by atoms with Crippen LogP contribution in [0.2, 0.25) is 5.02 Å². The molecule has 2 aliphatic heterocycles. The molecule has 0 saturated carbocycles. The Morgan fingerprint density at radius 2 is 1.79 bits per heavy atom. The summed E-state index contributed by atoms with van der Waals surface area (Å²) in [5, 5.41) is 0.639. The van der Waals surface area contributed by atoms with Gasteiger partial charge in [0, 0.05) is 63.9 Å². The normalized spacial score (nSPS) is 19.6. The van der Waals surface area contributed by atoms with Gasteiger partial charge in [-0.3, -0.25) is 19.4 Å². The van der Waals surface area contributed by atoms with Gasteiger partial charge in [-0.25, -0.2) is 0 Å². The van der Waals surface area contributed by atoms with Gasteiger partial charge in [0.15, 0.2) is 0 Å². The van der Waals surface area contributed by atoms with Crippen molar-refractivity contribution in [3.8, 4) is 11.5 Å². The minimum atomic E-state index is -0.228. The van der Waals surface area contributed by atoms with Gasteiger partial charge in [0.1, 0.15) is 11.5 Å². The lowest BCUT2D eigenvalue weighted by molar-refractivity contribution is -0.142. The van der Waals surface area contributed by atoms with Crippen LogP contribution in [0.1, 0.15) is 62.3 Å². The van der Waals surface area contributed by atoms with Crippen molar-refractivity contribution in [1.29, 1.82) is 0 Å². The topological polar surface area (TPSA) is 62.3 Å². The van der Waals surface area contributed by atoms with Gasteiger partial charge in [-0.1, -0.05) is 17.7 Å². The number of fused-ring (bicyclic) bond motifs is 1. The number of benzene rings is 2. The lowest BCUT2D eigenvalue weighted by atomic mass is 9.86. The van der Waals surface area contributed by atoms with Crippen LogP contribution in [0, 0.1) is 13.8 Å². The van der Waals surface area contributed by atoms with Crippen LogP contribution in [-0.2, 0) is 9.59 Å². The fourth-order valence-corrected chi connectivity index (χ4v) is 6.13. The molecule has 206 valence electrons. The molecule has 0 radical (unpaired) electrons. The number of hydrogen-bond donors (Lipinski definition) is 0. The third-order valence-corrected chi connectivity index (χ3v) is 8.44. The van der Waals surface area contributed by atoms with E-state index in [9.17, 15) is 9.59 Å². The number of rotatable bonds is 8. The Hall–Kier alpha value is -2.77. The summed E-state index contributed by atoms with van der Waals surface area (Å²) in [6, 6.07) is 11.3. The number of ether oxygens (including phenoxy) is 2. The standard InChI is InChI=1S/C30H40ClN3O4/c1-20-21(2)29(38-17-7-14-33(22(3)35)23(4)36)13-11-26(20)28-9-6-8-25-19-32(15-16-34(25)28)24-10-12-27(31)30(18-24)37-5/h10-13,18,25,28H,6-9,14-17,19H2,1-5H3/t25-,28+/m0/s1. The summed E-state index contributed by atoms with van der Waals surface area (Å²) in [7, 11) is 1.66. The van der Waals surface area contributed by atoms with Gasteiger partial charge in [-0.2, -0.15) is 0 Å². The zero-order valence-electron chi connectivity index (χ0n) is 23.3. The van der Waals surface area contributed by atoms with Gasteiger partial charge in [-0.15, -0.1) is 0 Å². The molecule has 2 amide bonds. The summed E-state index contributed by atoms with van der Waals surface area (Å²) in [5.41, 5.74) is 5.00. The predicted octanol–water partition coefficient (Wildman–Crippen LogP) is 5.55. The molecule has 2 atom stereocenters. The minimum absolute atomic E-state index is 0.228. The summed E-state index contributed by atoms with van der Waals surface area (Å²) >= 11 is 6.25. The Balaban J connectivity index is 1.41. The number of piperazine rings is 1. The van der Waals surface area contributed by atoms with E-state index in [4.69, 9.17) is 21.1 Å². The minimum Gasteiger partial charge on any atom is -0.495 e. The van der Waals surface area contributed by atoms with Crippen molar-refractivity contribution >= 4 is 29.1 Å². The molecule has 8 heteroatoms. The van der Waals surface area contributed by atoms with Gasteiger partial charge in [0.2, 0.25) is 11.8 Å². The fraction of sp³-hybridized carbons (Fsp3) is 0.533. The van der Waals surface area contributed by atoms with Crippen molar-refractivity contribution in [3.63, 3.8) is 0 Å². The van der Waals surface area contributed by atoms with E-state index in [1.807, 2.05) is 12.1 Å². The van der Waals surface area contributed by atoms with Crippen LogP contribution >= 0.6 is 11.6 Å². The number of halogens is 1. The molecule has 2 aromatic rings. The van der Waals surface area contributed by atoms with Gasteiger partial charge >= 0.3 is 0 Å². The average molecular weight is 542 g/mol. The molecule has 0 unspecified atom stereocenters. The van der Waals surface area contributed by atoms with Gasteiger partial charge < -0.3 is 14.4 Å². The Kier molecular flexibility index (Phi) is 9.21. The molecule has 0 N–H and O–H groups in total. The number of nitrogens with zero attached hydrogens (tertiary/aromatic N) is 3. The zero-order chi connectivity index (χ0) is 27.4. The highest BCUT2D eigenvalue weighted by Crippen LogP contribution is 2.40. The van der Waals surface area contributed by atoms with Crippen molar-refractivity contribution < 1.29 is 19.1 Å². The van der Waals surface area contributed by atoms with Crippen LogP contribution in [0.4, 0.5) is 5.69 Å². The SMILES string of the molecule is COc1cc(N2CCN3[C@@H](CCC[C@@H]3c3ccc(OCCCN(C(C)=O)C(C)=O)c(C)c3C)C2)ccc1Cl. The molecule has 0 spiro atoms. The van der Waals surface area contributed by atoms with Crippen molar-refractivity contribution in [2.45, 2.75) is 65.5 Å².